The van der Waals surface area contributed by atoms with Gasteiger partial charge in [-0.15, -0.1) is 11.3 Å². The molecule has 0 aromatic carbocycles. The van der Waals surface area contributed by atoms with Crippen LogP contribution in [0.4, 0.5) is 0 Å². The molecule has 1 aromatic rings. The van der Waals surface area contributed by atoms with E-state index in [4.69, 9.17) is 5.84 Å². The zero-order valence-electron chi connectivity index (χ0n) is 10.3. The summed E-state index contributed by atoms with van der Waals surface area (Å²) in [5.74, 6) is 7.37. The van der Waals surface area contributed by atoms with Gasteiger partial charge in [-0.25, -0.2) is 0 Å². The van der Waals surface area contributed by atoms with Crippen molar-refractivity contribution in [1.29, 1.82) is 0 Å². The Bertz CT molecular complexity index is 353. The van der Waals surface area contributed by atoms with Crippen molar-refractivity contribution < 1.29 is 0 Å². The molecule has 3 atom stereocenters. The lowest BCUT2D eigenvalue weighted by Gasteiger charge is -2.33. The van der Waals surface area contributed by atoms with Gasteiger partial charge in [0, 0.05) is 9.35 Å². The third kappa shape index (κ3) is 3.11. The fourth-order valence-corrected chi connectivity index (χ4v) is 4.73. The van der Waals surface area contributed by atoms with Crippen LogP contribution in [0.15, 0.2) is 15.9 Å². The molecule has 2 nitrogen and oxygen atoms in total. The van der Waals surface area contributed by atoms with E-state index in [1.807, 2.05) is 0 Å². The number of halogens is 1. The highest BCUT2D eigenvalue weighted by Gasteiger charge is 2.29. The van der Waals surface area contributed by atoms with E-state index in [-0.39, 0.29) is 0 Å². The summed E-state index contributed by atoms with van der Waals surface area (Å²) in [6, 6.07) is 2.43. The van der Waals surface area contributed by atoms with E-state index >= 15 is 0 Å². The van der Waals surface area contributed by atoms with Gasteiger partial charge in [0.1, 0.15) is 0 Å². The molecule has 96 valence electrons. The predicted octanol–water partition coefficient (Wildman–Crippen LogP) is 4.23. The molecule has 0 spiro atoms. The van der Waals surface area contributed by atoms with Crippen molar-refractivity contribution in [3.8, 4) is 0 Å². The maximum absolute atomic E-state index is 5.79. The Kier molecular flexibility index (Phi) is 5.03. The molecule has 0 bridgehead atoms. The first-order valence-corrected chi connectivity index (χ1v) is 8.12. The third-order valence-corrected chi connectivity index (χ3v) is 5.93. The van der Waals surface area contributed by atoms with Gasteiger partial charge in [0.2, 0.25) is 0 Å². The maximum atomic E-state index is 5.79. The summed E-state index contributed by atoms with van der Waals surface area (Å²) in [6.07, 6.45) is 6.67. The Labute approximate surface area is 116 Å². The molecular weight excluding hydrogens is 296 g/mol. The standard InChI is InChI=1S/C13H21BrN2S/c1-2-9-4-3-5-10(8-9)12(16-15)13-11(14)6-7-17-13/h6-7,9-10,12,16H,2-5,8,15H2,1H3. The molecule has 0 aliphatic heterocycles. The number of rotatable bonds is 4. The molecule has 1 saturated carbocycles. The van der Waals surface area contributed by atoms with E-state index in [1.54, 1.807) is 11.3 Å². The van der Waals surface area contributed by atoms with Gasteiger partial charge in [0.05, 0.1) is 6.04 Å². The average molecular weight is 317 g/mol. The summed E-state index contributed by atoms with van der Waals surface area (Å²) in [5.41, 5.74) is 3.04. The number of thiophene rings is 1. The van der Waals surface area contributed by atoms with Crippen LogP contribution in [-0.2, 0) is 0 Å². The quantitative estimate of drug-likeness (QED) is 0.644. The van der Waals surface area contributed by atoms with Crippen LogP contribution in [0.5, 0.6) is 0 Å². The molecular formula is C13H21BrN2S. The number of nitrogens with one attached hydrogen (secondary N) is 1. The minimum atomic E-state index is 0.318. The highest BCUT2D eigenvalue weighted by molar-refractivity contribution is 9.10. The van der Waals surface area contributed by atoms with E-state index in [0.717, 1.165) is 5.92 Å². The van der Waals surface area contributed by atoms with E-state index in [9.17, 15) is 0 Å². The van der Waals surface area contributed by atoms with Crippen LogP contribution in [0.25, 0.3) is 0 Å². The number of hydrazine groups is 1. The van der Waals surface area contributed by atoms with Gasteiger partial charge in [0.15, 0.2) is 0 Å². The van der Waals surface area contributed by atoms with Crippen molar-refractivity contribution in [2.24, 2.45) is 17.7 Å². The van der Waals surface area contributed by atoms with Crippen molar-refractivity contribution >= 4 is 27.3 Å². The topological polar surface area (TPSA) is 38.0 Å². The molecule has 1 fully saturated rings. The molecule has 1 aromatic heterocycles. The SMILES string of the molecule is CCC1CCCC(C(NN)c2sccc2Br)C1. The summed E-state index contributed by atoms with van der Waals surface area (Å²) >= 11 is 5.42. The fraction of sp³-hybridized carbons (Fsp3) is 0.692. The fourth-order valence-electron chi connectivity index (χ4n) is 2.96. The van der Waals surface area contributed by atoms with Crippen LogP contribution < -0.4 is 11.3 Å². The Morgan fingerprint density at radius 1 is 1.59 bits per heavy atom. The lowest BCUT2D eigenvalue weighted by atomic mass is 9.76. The zero-order chi connectivity index (χ0) is 12.3. The van der Waals surface area contributed by atoms with Crippen molar-refractivity contribution in [3.63, 3.8) is 0 Å². The van der Waals surface area contributed by atoms with Crippen LogP contribution in [0, 0.1) is 11.8 Å². The minimum absolute atomic E-state index is 0.318. The van der Waals surface area contributed by atoms with Crippen LogP contribution in [-0.4, -0.2) is 0 Å². The molecule has 0 radical (unpaired) electrons. The first-order chi connectivity index (χ1) is 8.26. The van der Waals surface area contributed by atoms with Crippen molar-refractivity contribution in [1.82, 2.24) is 5.43 Å². The van der Waals surface area contributed by atoms with E-state index < -0.39 is 0 Å². The highest BCUT2D eigenvalue weighted by atomic mass is 79.9. The Balaban J connectivity index is 2.10. The molecule has 0 amide bonds. The molecule has 1 aliphatic rings. The summed E-state index contributed by atoms with van der Waals surface area (Å²) < 4.78 is 1.20. The normalized spacial score (nSPS) is 27.0. The third-order valence-electron chi connectivity index (χ3n) is 3.98. The summed E-state index contributed by atoms with van der Waals surface area (Å²) in [4.78, 5) is 1.36. The summed E-state index contributed by atoms with van der Waals surface area (Å²) in [7, 11) is 0. The molecule has 2 rings (SSSR count). The Morgan fingerprint density at radius 2 is 2.41 bits per heavy atom. The Hall–Kier alpha value is 0.100. The van der Waals surface area contributed by atoms with Gasteiger partial charge in [-0.1, -0.05) is 26.2 Å². The molecule has 0 saturated heterocycles. The van der Waals surface area contributed by atoms with Crippen molar-refractivity contribution in [2.75, 3.05) is 0 Å². The minimum Gasteiger partial charge on any atom is -0.271 e. The van der Waals surface area contributed by atoms with E-state index in [1.165, 1.54) is 41.5 Å². The average Bonchev–Trinajstić information content (AvgIpc) is 2.77. The second-order valence-electron chi connectivity index (χ2n) is 4.98. The highest BCUT2D eigenvalue weighted by Crippen LogP contribution is 2.41. The van der Waals surface area contributed by atoms with Gasteiger partial charge in [0.25, 0.3) is 0 Å². The predicted molar refractivity (Wildman–Crippen MR) is 77.8 cm³/mol. The number of hydrogen-bond donors (Lipinski definition) is 2. The number of nitrogens with two attached hydrogens (primary N) is 1. The van der Waals surface area contributed by atoms with Gasteiger partial charge < -0.3 is 0 Å². The molecule has 4 heteroatoms. The summed E-state index contributed by atoms with van der Waals surface area (Å²) in [6.45, 7) is 2.30. The first-order valence-electron chi connectivity index (χ1n) is 6.45. The van der Waals surface area contributed by atoms with Gasteiger partial charge >= 0.3 is 0 Å². The van der Waals surface area contributed by atoms with Crippen molar-refractivity contribution in [3.05, 3.63) is 20.8 Å². The largest absolute Gasteiger partial charge is 0.271 e. The Morgan fingerprint density at radius 3 is 3.00 bits per heavy atom. The van der Waals surface area contributed by atoms with Gasteiger partial charge in [-0.05, 0) is 52.1 Å². The maximum Gasteiger partial charge on any atom is 0.0592 e. The number of hydrogen-bond acceptors (Lipinski definition) is 3. The smallest absolute Gasteiger partial charge is 0.0592 e. The van der Waals surface area contributed by atoms with Crippen LogP contribution >= 0.6 is 27.3 Å². The monoisotopic (exact) mass is 316 g/mol. The van der Waals surface area contributed by atoms with Gasteiger partial charge in [-0.3, -0.25) is 11.3 Å². The zero-order valence-corrected chi connectivity index (χ0v) is 12.7. The molecule has 3 unspecified atom stereocenters. The first kappa shape index (κ1) is 13.5. The van der Waals surface area contributed by atoms with Gasteiger partial charge in [-0.2, -0.15) is 0 Å². The molecule has 3 N–H and O–H groups in total. The van der Waals surface area contributed by atoms with Crippen LogP contribution in [0.2, 0.25) is 0 Å². The van der Waals surface area contributed by atoms with Crippen LogP contribution in [0.3, 0.4) is 0 Å². The summed E-state index contributed by atoms with van der Waals surface area (Å²) in [5, 5.41) is 2.13. The lowest BCUT2D eigenvalue weighted by molar-refractivity contribution is 0.211. The van der Waals surface area contributed by atoms with Crippen molar-refractivity contribution in [2.45, 2.75) is 45.1 Å². The van der Waals surface area contributed by atoms with E-state index in [0.29, 0.717) is 12.0 Å². The molecule has 1 aliphatic carbocycles. The van der Waals surface area contributed by atoms with E-state index in [2.05, 4.69) is 39.7 Å². The molecule has 17 heavy (non-hydrogen) atoms. The lowest BCUT2D eigenvalue weighted by Crippen LogP contribution is -2.35. The second-order valence-corrected chi connectivity index (χ2v) is 6.78. The molecule has 1 heterocycles. The van der Waals surface area contributed by atoms with Crippen LogP contribution in [0.1, 0.15) is 49.9 Å². The second kappa shape index (κ2) is 6.32.